The lowest BCUT2D eigenvalue weighted by Crippen LogP contribution is -2.47. The minimum Gasteiger partial charge on any atom is -0.504 e. The summed E-state index contributed by atoms with van der Waals surface area (Å²) in [6.45, 7) is 1.65. The lowest BCUT2D eigenvalue weighted by molar-refractivity contribution is -0.140. The third-order valence-corrected chi connectivity index (χ3v) is 3.74. The van der Waals surface area contributed by atoms with E-state index in [4.69, 9.17) is 4.74 Å². The van der Waals surface area contributed by atoms with Gasteiger partial charge in [0.15, 0.2) is 11.5 Å². The molecule has 1 aromatic rings. The number of carbonyl (C=O) groups is 1. The lowest BCUT2D eigenvalue weighted by atomic mass is 9.87. The van der Waals surface area contributed by atoms with Crippen molar-refractivity contribution in [1.82, 2.24) is 0 Å². The second kappa shape index (κ2) is 6.35. The predicted molar refractivity (Wildman–Crippen MR) is 76.3 cm³/mol. The van der Waals surface area contributed by atoms with E-state index in [0.29, 0.717) is 0 Å². The Morgan fingerprint density at radius 3 is 2.55 bits per heavy atom. The van der Waals surface area contributed by atoms with Gasteiger partial charge in [0.1, 0.15) is 6.10 Å². The molecule has 1 saturated heterocycles. The molecule has 0 spiro atoms. The maximum Gasteiger partial charge on any atom is 0.335 e. The molecule has 4 atom stereocenters. The fraction of sp³-hybridized carbons (Fsp3) is 0.400. The second-order valence-electron chi connectivity index (χ2n) is 5.26. The highest BCUT2D eigenvalue weighted by molar-refractivity contribution is 6.15. The number of hydrogen-bond donors (Lipinski definition) is 5. The normalized spacial score (nSPS) is 29.3. The Kier molecular flexibility index (Phi) is 4.70. The summed E-state index contributed by atoms with van der Waals surface area (Å²) in [4.78, 5) is 11.5. The number of aliphatic hydroxyl groups is 2. The Balaban J connectivity index is 2.42. The van der Waals surface area contributed by atoms with Gasteiger partial charge in [-0.05, 0) is 24.6 Å². The van der Waals surface area contributed by atoms with Gasteiger partial charge in [-0.1, -0.05) is 12.1 Å². The molecule has 0 unspecified atom stereocenters. The van der Waals surface area contributed by atoms with Gasteiger partial charge in [-0.3, -0.25) is 0 Å². The molecule has 7 nitrogen and oxygen atoms in total. The van der Waals surface area contributed by atoms with Crippen LogP contribution in [0.4, 0.5) is 0 Å². The van der Waals surface area contributed by atoms with Crippen LogP contribution in [0.25, 0.3) is 5.57 Å². The van der Waals surface area contributed by atoms with Crippen LogP contribution in [-0.4, -0.2) is 56.4 Å². The van der Waals surface area contributed by atoms with Crippen LogP contribution in [0.15, 0.2) is 24.3 Å². The number of carboxylic acid groups (broad SMARTS) is 1. The van der Waals surface area contributed by atoms with Gasteiger partial charge >= 0.3 is 5.97 Å². The average molecular weight is 310 g/mol. The van der Waals surface area contributed by atoms with Crippen LogP contribution < -0.4 is 0 Å². The van der Waals surface area contributed by atoms with Gasteiger partial charge in [-0.25, -0.2) is 4.79 Å². The Labute approximate surface area is 126 Å². The van der Waals surface area contributed by atoms with E-state index >= 15 is 0 Å². The van der Waals surface area contributed by atoms with Crippen LogP contribution >= 0.6 is 0 Å². The molecule has 0 saturated carbocycles. The predicted octanol–water partition coefficient (Wildman–Crippen LogP) is 0.323. The maximum absolute atomic E-state index is 11.5. The van der Waals surface area contributed by atoms with Gasteiger partial charge in [0.2, 0.25) is 0 Å². The van der Waals surface area contributed by atoms with Gasteiger partial charge < -0.3 is 30.3 Å². The summed E-state index contributed by atoms with van der Waals surface area (Å²) in [7, 11) is 0. The monoisotopic (exact) mass is 310 g/mol. The summed E-state index contributed by atoms with van der Waals surface area (Å²) in [5.74, 6) is -2.79. The molecule has 7 heteroatoms. The zero-order chi connectivity index (χ0) is 16.4. The average Bonchev–Trinajstić information content (AvgIpc) is 2.46. The van der Waals surface area contributed by atoms with E-state index in [-0.39, 0.29) is 23.5 Å². The van der Waals surface area contributed by atoms with E-state index in [9.17, 15) is 30.3 Å². The van der Waals surface area contributed by atoms with Gasteiger partial charge in [0.25, 0.3) is 0 Å². The van der Waals surface area contributed by atoms with Crippen LogP contribution in [0.2, 0.25) is 0 Å². The molecule has 0 amide bonds. The molecule has 1 aliphatic rings. The molecule has 1 aliphatic heterocycles. The van der Waals surface area contributed by atoms with Crippen molar-refractivity contribution < 1.29 is 35.1 Å². The molecule has 0 aromatic heterocycles. The first kappa shape index (κ1) is 16.3. The first-order valence-electron chi connectivity index (χ1n) is 6.76. The number of benzene rings is 1. The molecule has 0 aliphatic carbocycles. The SMILES string of the molecule is C[C@H]1OC[C@H](O)[C@H](O)[C@@H]1C=C(C(=O)O)c1ccc(O)c(O)c1. The number of hydrogen-bond acceptors (Lipinski definition) is 6. The number of aliphatic carboxylic acids is 1. The largest absolute Gasteiger partial charge is 0.504 e. The quantitative estimate of drug-likeness (QED) is 0.402. The molecule has 5 N–H and O–H groups in total. The van der Waals surface area contributed by atoms with Gasteiger partial charge in [0, 0.05) is 5.92 Å². The van der Waals surface area contributed by atoms with Crippen LogP contribution in [0.1, 0.15) is 12.5 Å². The van der Waals surface area contributed by atoms with Crippen molar-refractivity contribution in [1.29, 1.82) is 0 Å². The topological polar surface area (TPSA) is 127 Å². The van der Waals surface area contributed by atoms with Gasteiger partial charge in [0.05, 0.1) is 24.4 Å². The van der Waals surface area contributed by atoms with Crippen molar-refractivity contribution in [3.05, 3.63) is 29.8 Å². The highest BCUT2D eigenvalue weighted by Crippen LogP contribution is 2.31. The fourth-order valence-corrected chi connectivity index (χ4v) is 2.40. The summed E-state index contributed by atoms with van der Waals surface area (Å²) < 4.78 is 5.30. The first-order valence-corrected chi connectivity index (χ1v) is 6.76. The highest BCUT2D eigenvalue weighted by atomic mass is 16.5. The number of ether oxygens (including phenoxy) is 1. The summed E-state index contributed by atoms with van der Waals surface area (Å²) in [6, 6.07) is 3.63. The highest BCUT2D eigenvalue weighted by Gasteiger charge is 2.36. The molecule has 22 heavy (non-hydrogen) atoms. The Bertz CT molecular complexity index is 596. The zero-order valence-electron chi connectivity index (χ0n) is 11.9. The Morgan fingerprint density at radius 1 is 1.27 bits per heavy atom. The van der Waals surface area contributed by atoms with Crippen LogP contribution in [0, 0.1) is 5.92 Å². The number of carboxylic acids is 1. The summed E-state index contributed by atoms with van der Waals surface area (Å²) in [6.07, 6.45) is -1.42. The molecular formula is C15H18O7. The van der Waals surface area contributed by atoms with Crippen molar-refractivity contribution in [3.8, 4) is 11.5 Å². The Morgan fingerprint density at radius 2 is 1.95 bits per heavy atom. The van der Waals surface area contributed by atoms with Crippen LogP contribution in [-0.2, 0) is 9.53 Å². The molecule has 120 valence electrons. The lowest BCUT2D eigenvalue weighted by Gasteiger charge is -2.35. The maximum atomic E-state index is 11.5. The summed E-state index contributed by atoms with van der Waals surface area (Å²) in [5.41, 5.74) is 0.00571. The smallest absolute Gasteiger partial charge is 0.335 e. The number of aliphatic hydroxyl groups excluding tert-OH is 2. The minimum absolute atomic E-state index is 0.0188. The van der Waals surface area contributed by atoms with Crippen LogP contribution in [0.5, 0.6) is 11.5 Å². The van der Waals surface area contributed by atoms with E-state index in [1.807, 2.05) is 0 Å². The van der Waals surface area contributed by atoms with Crippen molar-refractivity contribution in [3.63, 3.8) is 0 Å². The fourth-order valence-electron chi connectivity index (χ4n) is 2.40. The molecule has 2 rings (SSSR count). The third-order valence-electron chi connectivity index (χ3n) is 3.74. The third kappa shape index (κ3) is 3.22. The van der Waals surface area contributed by atoms with E-state index in [0.717, 1.165) is 6.07 Å². The second-order valence-corrected chi connectivity index (χ2v) is 5.26. The zero-order valence-corrected chi connectivity index (χ0v) is 11.9. The molecular weight excluding hydrogens is 292 g/mol. The van der Waals surface area contributed by atoms with Gasteiger partial charge in [-0.15, -0.1) is 0 Å². The van der Waals surface area contributed by atoms with Crippen molar-refractivity contribution in [2.24, 2.45) is 5.92 Å². The standard InChI is InChI=1S/C15H18O7/c1-7-9(14(19)13(18)6-22-7)5-10(15(20)21)8-2-3-11(16)12(17)4-8/h2-5,7,9,13-14,16-19H,6H2,1H3,(H,20,21)/t7-,9-,13+,14-/m1/s1. The van der Waals surface area contributed by atoms with E-state index in [1.54, 1.807) is 6.92 Å². The molecule has 0 radical (unpaired) electrons. The van der Waals surface area contributed by atoms with E-state index < -0.39 is 35.9 Å². The number of aromatic hydroxyl groups is 2. The Hall–Kier alpha value is -2.09. The van der Waals surface area contributed by atoms with Crippen molar-refractivity contribution in [2.75, 3.05) is 6.61 Å². The van der Waals surface area contributed by atoms with E-state index in [1.165, 1.54) is 18.2 Å². The molecule has 1 aromatic carbocycles. The van der Waals surface area contributed by atoms with E-state index in [2.05, 4.69) is 0 Å². The minimum atomic E-state index is -1.26. The number of rotatable bonds is 3. The number of phenolic OH excluding ortho intramolecular Hbond substituents is 2. The first-order chi connectivity index (χ1) is 10.3. The van der Waals surface area contributed by atoms with Crippen molar-refractivity contribution >= 4 is 11.5 Å². The molecule has 1 heterocycles. The van der Waals surface area contributed by atoms with Crippen molar-refractivity contribution in [2.45, 2.75) is 25.2 Å². The molecule has 0 bridgehead atoms. The van der Waals surface area contributed by atoms with Crippen LogP contribution in [0.3, 0.4) is 0 Å². The summed E-state index contributed by atoms with van der Waals surface area (Å²) in [5, 5.41) is 47.8. The number of phenols is 2. The van der Waals surface area contributed by atoms with Gasteiger partial charge in [-0.2, -0.15) is 0 Å². The summed E-state index contributed by atoms with van der Waals surface area (Å²) >= 11 is 0. The molecule has 1 fully saturated rings.